The van der Waals surface area contributed by atoms with Crippen molar-refractivity contribution in [1.29, 1.82) is 0 Å². The molecule has 0 saturated carbocycles. The van der Waals surface area contributed by atoms with Gasteiger partial charge in [-0.15, -0.1) is 11.3 Å². The van der Waals surface area contributed by atoms with Crippen molar-refractivity contribution in [3.05, 3.63) is 51.2 Å². The summed E-state index contributed by atoms with van der Waals surface area (Å²) in [5.74, 6) is 0. The summed E-state index contributed by atoms with van der Waals surface area (Å²) in [4.78, 5) is 2.99. The lowest BCUT2D eigenvalue weighted by atomic mass is 10.1. The van der Waals surface area contributed by atoms with Crippen LogP contribution in [0.25, 0.3) is 0 Å². The highest BCUT2D eigenvalue weighted by atomic mass is 35.5. The largest absolute Gasteiger partial charge is 0.386 e. The van der Waals surface area contributed by atoms with Crippen LogP contribution in [-0.4, -0.2) is 25.7 Å². The minimum atomic E-state index is -0.531. The van der Waals surface area contributed by atoms with Crippen molar-refractivity contribution in [1.82, 2.24) is 5.32 Å². The maximum absolute atomic E-state index is 10.2. The molecule has 2 atom stereocenters. The van der Waals surface area contributed by atoms with Crippen molar-refractivity contribution in [3.63, 3.8) is 0 Å². The van der Waals surface area contributed by atoms with Gasteiger partial charge < -0.3 is 15.3 Å². The van der Waals surface area contributed by atoms with Crippen molar-refractivity contribution in [2.75, 3.05) is 25.5 Å². The van der Waals surface area contributed by atoms with E-state index in [0.29, 0.717) is 10.9 Å². The predicted octanol–water partition coefficient (Wildman–Crippen LogP) is 3.85. The fraction of sp³-hybridized carbons (Fsp3) is 0.375. The van der Waals surface area contributed by atoms with E-state index in [0.717, 1.165) is 4.88 Å². The van der Waals surface area contributed by atoms with Crippen LogP contribution in [-0.2, 0) is 0 Å². The topological polar surface area (TPSA) is 35.5 Å². The van der Waals surface area contributed by atoms with Crippen molar-refractivity contribution in [3.8, 4) is 0 Å². The van der Waals surface area contributed by atoms with Crippen molar-refractivity contribution < 1.29 is 5.11 Å². The van der Waals surface area contributed by atoms with Gasteiger partial charge in [0.05, 0.1) is 4.34 Å². The lowest BCUT2D eigenvalue weighted by Gasteiger charge is -2.23. The smallest absolute Gasteiger partial charge is 0.101 e. The zero-order valence-corrected chi connectivity index (χ0v) is 14.1. The Bertz CT molecular complexity index is 585. The Kier molecular flexibility index (Phi) is 5.65. The lowest BCUT2D eigenvalue weighted by molar-refractivity contribution is 0.174. The normalized spacial score (nSPS) is 14.0. The van der Waals surface area contributed by atoms with Crippen molar-refractivity contribution >= 4 is 28.6 Å². The van der Waals surface area contributed by atoms with E-state index >= 15 is 0 Å². The molecule has 0 fully saturated rings. The van der Waals surface area contributed by atoms with Gasteiger partial charge >= 0.3 is 0 Å². The number of nitrogens with zero attached hydrogens (tertiary/aromatic N) is 1. The number of rotatable bonds is 6. The Hall–Kier alpha value is -1.07. The number of benzene rings is 1. The molecule has 0 aliphatic carbocycles. The number of hydrogen-bond donors (Lipinski definition) is 2. The van der Waals surface area contributed by atoms with E-state index in [1.807, 2.05) is 38.4 Å². The number of halogens is 1. The first-order valence-corrected chi connectivity index (χ1v) is 8.11. The molecule has 0 bridgehead atoms. The molecule has 2 rings (SSSR count). The molecule has 21 heavy (non-hydrogen) atoms. The van der Waals surface area contributed by atoms with Gasteiger partial charge in [-0.05, 0) is 30.7 Å². The summed E-state index contributed by atoms with van der Waals surface area (Å²) in [6, 6.07) is 12.1. The Balaban J connectivity index is 2.00. The third-order valence-corrected chi connectivity index (χ3v) is 4.76. The van der Waals surface area contributed by atoms with Crippen LogP contribution in [0.1, 0.15) is 29.5 Å². The first-order valence-electron chi connectivity index (χ1n) is 6.92. The number of aliphatic hydroxyl groups excluding tert-OH is 1. The summed E-state index contributed by atoms with van der Waals surface area (Å²) >= 11 is 7.32. The number of aliphatic hydroxyl groups is 1. The molecule has 0 radical (unpaired) electrons. The van der Waals surface area contributed by atoms with E-state index in [1.54, 1.807) is 0 Å². The van der Waals surface area contributed by atoms with Crippen molar-refractivity contribution in [2.24, 2.45) is 0 Å². The molecule has 1 aromatic heterocycles. The second-order valence-corrected chi connectivity index (χ2v) is 6.99. The van der Waals surface area contributed by atoms with E-state index in [4.69, 9.17) is 11.6 Å². The maximum Gasteiger partial charge on any atom is 0.101 e. The summed E-state index contributed by atoms with van der Waals surface area (Å²) in [6.45, 7) is 2.61. The molecule has 2 N–H and O–H groups in total. The summed E-state index contributed by atoms with van der Waals surface area (Å²) in [5, 5.41) is 13.6. The van der Waals surface area contributed by atoms with Gasteiger partial charge in [0.15, 0.2) is 0 Å². The van der Waals surface area contributed by atoms with Crippen LogP contribution in [0.15, 0.2) is 36.4 Å². The maximum atomic E-state index is 10.2. The summed E-state index contributed by atoms with van der Waals surface area (Å²) < 4.78 is 0.704. The Labute approximate surface area is 135 Å². The van der Waals surface area contributed by atoms with Gasteiger partial charge in [0, 0.05) is 37.2 Å². The van der Waals surface area contributed by atoms with Gasteiger partial charge in [0.25, 0.3) is 0 Å². The molecule has 5 heteroatoms. The molecule has 1 heterocycles. The first-order chi connectivity index (χ1) is 9.99. The second kappa shape index (κ2) is 7.27. The zero-order chi connectivity index (χ0) is 15.4. The molecular weight excluding hydrogens is 304 g/mol. The van der Waals surface area contributed by atoms with Crippen molar-refractivity contribution in [2.45, 2.75) is 19.1 Å². The van der Waals surface area contributed by atoms with Crippen LogP contribution in [0, 0.1) is 0 Å². The number of anilines is 1. The molecule has 2 unspecified atom stereocenters. The molecule has 0 amide bonds. The predicted molar refractivity (Wildman–Crippen MR) is 91.5 cm³/mol. The summed E-state index contributed by atoms with van der Waals surface area (Å²) in [5.41, 5.74) is 2.41. The molecule has 1 aromatic carbocycles. The molecule has 0 aliphatic heterocycles. The lowest BCUT2D eigenvalue weighted by Crippen LogP contribution is -2.25. The van der Waals surface area contributed by atoms with Gasteiger partial charge in [-0.2, -0.15) is 0 Å². The number of nitrogens with one attached hydrogen (secondary N) is 1. The quantitative estimate of drug-likeness (QED) is 0.847. The van der Waals surface area contributed by atoms with Crippen LogP contribution >= 0.6 is 22.9 Å². The van der Waals surface area contributed by atoms with E-state index in [2.05, 4.69) is 29.3 Å². The molecule has 0 saturated heterocycles. The number of hydrogen-bond acceptors (Lipinski definition) is 4. The highest BCUT2D eigenvalue weighted by Crippen LogP contribution is 2.28. The monoisotopic (exact) mass is 324 g/mol. The Morgan fingerprint density at radius 1 is 1.24 bits per heavy atom. The minimum absolute atomic E-state index is 0.161. The molecule has 2 aromatic rings. The SMILES string of the molecule is CC(NCC(O)c1ccc(Cl)s1)c1ccccc1N(C)C. The standard InChI is InChI=1S/C16H21ClN2OS/c1-11(12-6-4-5-7-13(12)19(2)3)18-10-14(20)15-8-9-16(17)21-15/h4-9,11,14,18,20H,10H2,1-3H3. The minimum Gasteiger partial charge on any atom is -0.386 e. The average Bonchev–Trinajstić information content (AvgIpc) is 2.91. The fourth-order valence-electron chi connectivity index (χ4n) is 2.27. The molecule has 0 spiro atoms. The Morgan fingerprint density at radius 3 is 2.57 bits per heavy atom. The summed E-state index contributed by atoms with van der Waals surface area (Å²) in [7, 11) is 4.07. The third-order valence-electron chi connectivity index (χ3n) is 3.42. The van der Waals surface area contributed by atoms with E-state index < -0.39 is 6.10 Å². The van der Waals surface area contributed by atoms with Crippen LogP contribution in [0.4, 0.5) is 5.69 Å². The summed E-state index contributed by atoms with van der Waals surface area (Å²) in [6.07, 6.45) is -0.531. The molecule has 114 valence electrons. The molecular formula is C16H21ClN2OS. The second-order valence-electron chi connectivity index (χ2n) is 5.24. The van der Waals surface area contributed by atoms with Gasteiger partial charge in [0.2, 0.25) is 0 Å². The highest BCUT2D eigenvalue weighted by molar-refractivity contribution is 7.16. The van der Waals surface area contributed by atoms with Crippen LogP contribution in [0.5, 0.6) is 0 Å². The van der Waals surface area contributed by atoms with Gasteiger partial charge in [0.1, 0.15) is 6.10 Å². The third kappa shape index (κ3) is 4.20. The number of thiophene rings is 1. The van der Waals surface area contributed by atoms with Gasteiger partial charge in [-0.25, -0.2) is 0 Å². The first kappa shape index (κ1) is 16.3. The van der Waals surface area contributed by atoms with Crippen LogP contribution in [0.3, 0.4) is 0 Å². The Morgan fingerprint density at radius 2 is 1.95 bits per heavy atom. The van der Waals surface area contributed by atoms with E-state index in [1.165, 1.54) is 22.6 Å². The fourth-order valence-corrected chi connectivity index (χ4v) is 3.31. The number of para-hydroxylation sites is 1. The molecule has 0 aliphatic rings. The van der Waals surface area contributed by atoms with Gasteiger partial charge in [-0.3, -0.25) is 0 Å². The van der Waals surface area contributed by atoms with Crippen LogP contribution in [0.2, 0.25) is 4.34 Å². The van der Waals surface area contributed by atoms with Crippen LogP contribution < -0.4 is 10.2 Å². The van der Waals surface area contributed by atoms with E-state index in [9.17, 15) is 5.11 Å². The average molecular weight is 325 g/mol. The van der Waals surface area contributed by atoms with Gasteiger partial charge in [-0.1, -0.05) is 29.8 Å². The zero-order valence-electron chi connectivity index (χ0n) is 12.5. The molecule has 3 nitrogen and oxygen atoms in total. The highest BCUT2D eigenvalue weighted by Gasteiger charge is 2.15. The van der Waals surface area contributed by atoms with E-state index in [-0.39, 0.29) is 6.04 Å².